The van der Waals surface area contributed by atoms with Crippen molar-refractivity contribution < 1.29 is 9.84 Å². The van der Waals surface area contributed by atoms with Gasteiger partial charge in [0.25, 0.3) is 0 Å². The molecule has 2 aromatic carbocycles. The zero-order valence-corrected chi connectivity index (χ0v) is 15.0. The van der Waals surface area contributed by atoms with Crippen LogP contribution in [0.3, 0.4) is 0 Å². The first-order chi connectivity index (χ1) is 12.6. The van der Waals surface area contributed by atoms with Crippen LogP contribution in [-0.2, 0) is 0 Å². The molecule has 0 saturated heterocycles. The number of halogens is 2. The van der Waals surface area contributed by atoms with Crippen molar-refractivity contribution in [2.24, 2.45) is 0 Å². The van der Waals surface area contributed by atoms with E-state index in [0.717, 1.165) is 5.39 Å². The van der Waals surface area contributed by atoms with Crippen molar-refractivity contribution in [3.8, 4) is 11.5 Å². The number of aliphatic hydroxyl groups is 1. The summed E-state index contributed by atoms with van der Waals surface area (Å²) in [5, 5.41) is 12.5. The molecule has 4 nitrogen and oxygen atoms in total. The minimum atomic E-state index is -0.915. The Morgan fingerprint density at radius 1 is 0.962 bits per heavy atom. The predicted molar refractivity (Wildman–Crippen MR) is 103 cm³/mol. The first-order valence-corrected chi connectivity index (χ1v) is 8.70. The number of aromatic amines is 1. The smallest absolute Gasteiger partial charge is 0.146 e. The van der Waals surface area contributed by atoms with Gasteiger partial charge in [-0.1, -0.05) is 47.5 Å². The normalized spacial score (nSPS) is 12.3. The predicted octanol–water partition coefficient (Wildman–Crippen LogP) is 5.74. The minimum absolute atomic E-state index is 0.406. The van der Waals surface area contributed by atoms with Crippen LogP contribution in [0.5, 0.6) is 11.5 Å². The fourth-order valence-electron chi connectivity index (χ4n) is 2.80. The molecule has 0 unspecified atom stereocenters. The van der Waals surface area contributed by atoms with E-state index in [2.05, 4.69) is 9.97 Å². The van der Waals surface area contributed by atoms with E-state index in [1.807, 2.05) is 36.4 Å². The molecule has 6 heteroatoms. The monoisotopic (exact) mass is 384 g/mol. The average Bonchev–Trinajstić information content (AvgIpc) is 3.05. The number of aromatic nitrogens is 2. The second kappa shape index (κ2) is 7.00. The van der Waals surface area contributed by atoms with Crippen LogP contribution in [0.2, 0.25) is 10.0 Å². The van der Waals surface area contributed by atoms with Crippen LogP contribution in [0.15, 0.2) is 67.0 Å². The second-order valence-electron chi connectivity index (χ2n) is 5.79. The molecule has 1 atom stereocenters. The third-order valence-corrected chi connectivity index (χ3v) is 4.63. The molecule has 0 amide bonds. The number of H-pyrrole nitrogens is 1. The molecule has 0 aliphatic rings. The van der Waals surface area contributed by atoms with Gasteiger partial charge in [-0.3, -0.25) is 0 Å². The number of nitrogens with one attached hydrogen (secondary N) is 1. The highest BCUT2D eigenvalue weighted by Gasteiger charge is 2.19. The lowest BCUT2D eigenvalue weighted by atomic mass is 10.0. The first-order valence-electron chi connectivity index (χ1n) is 7.95. The maximum atomic E-state index is 10.8. The van der Waals surface area contributed by atoms with Gasteiger partial charge in [-0.05, 0) is 30.3 Å². The topological polar surface area (TPSA) is 58.1 Å². The number of hydrogen-bond acceptors (Lipinski definition) is 3. The quantitative estimate of drug-likeness (QED) is 0.471. The third-order valence-electron chi connectivity index (χ3n) is 4.07. The molecule has 0 saturated carbocycles. The Labute approximate surface area is 160 Å². The number of para-hydroxylation sites is 1. The molecule has 2 N–H and O–H groups in total. The molecule has 130 valence electrons. The van der Waals surface area contributed by atoms with E-state index >= 15 is 0 Å². The highest BCUT2D eigenvalue weighted by atomic mass is 35.5. The zero-order valence-electron chi connectivity index (χ0n) is 13.5. The summed E-state index contributed by atoms with van der Waals surface area (Å²) in [6.07, 6.45) is 2.44. The summed E-state index contributed by atoms with van der Waals surface area (Å²) in [6.45, 7) is 0. The molecule has 4 rings (SSSR count). The van der Waals surface area contributed by atoms with Crippen LogP contribution < -0.4 is 4.74 Å². The van der Waals surface area contributed by atoms with Crippen molar-refractivity contribution in [2.45, 2.75) is 6.10 Å². The number of ether oxygens (including phenoxy) is 1. The lowest BCUT2D eigenvalue weighted by Gasteiger charge is -2.13. The summed E-state index contributed by atoms with van der Waals surface area (Å²) >= 11 is 12.2. The number of rotatable bonds is 4. The Bertz CT molecular complexity index is 1060. The van der Waals surface area contributed by atoms with E-state index in [4.69, 9.17) is 27.9 Å². The van der Waals surface area contributed by atoms with Crippen LogP contribution in [0, 0.1) is 0 Å². The Morgan fingerprint density at radius 3 is 2.54 bits per heavy atom. The summed E-state index contributed by atoms with van der Waals surface area (Å²) in [6, 6.07) is 16.3. The van der Waals surface area contributed by atoms with Crippen LogP contribution in [0.1, 0.15) is 17.2 Å². The third kappa shape index (κ3) is 3.27. The van der Waals surface area contributed by atoms with Gasteiger partial charge in [-0.2, -0.15) is 0 Å². The van der Waals surface area contributed by atoms with Crippen LogP contribution in [-0.4, -0.2) is 15.1 Å². The highest BCUT2D eigenvalue weighted by Crippen LogP contribution is 2.35. The van der Waals surface area contributed by atoms with Gasteiger partial charge < -0.3 is 14.8 Å². The largest absolute Gasteiger partial charge is 0.456 e. The lowest BCUT2D eigenvalue weighted by Crippen LogP contribution is -2.00. The van der Waals surface area contributed by atoms with E-state index in [1.165, 1.54) is 0 Å². The Kier molecular flexibility index (Phi) is 4.55. The molecular formula is C20H14Cl2N2O2. The standard InChI is InChI=1S/C20H14Cl2N2O2/c21-12-6-7-15(18(22)8-12)19(25)17-11-24-20-16(17)9-14(10-23-20)26-13-4-2-1-3-5-13/h1-11,19,25H,(H,23,24)/t19-/m0/s1. The van der Waals surface area contributed by atoms with Crippen LogP contribution in [0.4, 0.5) is 0 Å². The van der Waals surface area contributed by atoms with E-state index < -0.39 is 6.10 Å². The Balaban J connectivity index is 1.72. The molecule has 2 heterocycles. The lowest BCUT2D eigenvalue weighted by molar-refractivity contribution is 0.222. The van der Waals surface area contributed by atoms with E-state index in [1.54, 1.807) is 30.6 Å². The first kappa shape index (κ1) is 16.9. The fourth-order valence-corrected chi connectivity index (χ4v) is 3.31. The van der Waals surface area contributed by atoms with Crippen molar-refractivity contribution >= 4 is 34.2 Å². The molecule has 0 aliphatic heterocycles. The zero-order chi connectivity index (χ0) is 18.1. The number of nitrogens with zero attached hydrogens (tertiary/aromatic N) is 1. The minimum Gasteiger partial charge on any atom is -0.456 e. The molecule has 0 spiro atoms. The maximum absolute atomic E-state index is 10.8. The number of aliphatic hydroxyl groups excluding tert-OH is 1. The molecule has 4 aromatic rings. The summed E-state index contributed by atoms with van der Waals surface area (Å²) < 4.78 is 5.83. The van der Waals surface area contributed by atoms with Gasteiger partial charge in [-0.15, -0.1) is 0 Å². The molecule has 0 fully saturated rings. The second-order valence-corrected chi connectivity index (χ2v) is 6.64. The van der Waals surface area contributed by atoms with Crippen molar-refractivity contribution in [2.75, 3.05) is 0 Å². The van der Waals surface area contributed by atoms with Gasteiger partial charge in [0.1, 0.15) is 23.3 Å². The van der Waals surface area contributed by atoms with Gasteiger partial charge in [-0.25, -0.2) is 4.98 Å². The van der Waals surface area contributed by atoms with Crippen LogP contribution in [0.25, 0.3) is 11.0 Å². The molecule has 0 aliphatic carbocycles. The molecule has 26 heavy (non-hydrogen) atoms. The molecule has 0 bridgehead atoms. The van der Waals surface area contributed by atoms with Gasteiger partial charge in [0.15, 0.2) is 0 Å². The fraction of sp³-hybridized carbons (Fsp3) is 0.0500. The number of benzene rings is 2. The molecular weight excluding hydrogens is 371 g/mol. The van der Waals surface area contributed by atoms with E-state index in [0.29, 0.717) is 38.3 Å². The molecule has 0 radical (unpaired) electrons. The maximum Gasteiger partial charge on any atom is 0.146 e. The van der Waals surface area contributed by atoms with Gasteiger partial charge >= 0.3 is 0 Å². The Hall–Kier alpha value is -2.53. The van der Waals surface area contributed by atoms with Crippen molar-refractivity contribution in [1.29, 1.82) is 0 Å². The average molecular weight is 385 g/mol. The summed E-state index contributed by atoms with van der Waals surface area (Å²) in [7, 11) is 0. The highest BCUT2D eigenvalue weighted by molar-refractivity contribution is 6.35. The van der Waals surface area contributed by atoms with Crippen molar-refractivity contribution in [1.82, 2.24) is 9.97 Å². The number of fused-ring (bicyclic) bond motifs is 1. The van der Waals surface area contributed by atoms with Crippen molar-refractivity contribution in [3.63, 3.8) is 0 Å². The van der Waals surface area contributed by atoms with Crippen LogP contribution >= 0.6 is 23.2 Å². The van der Waals surface area contributed by atoms with E-state index in [-0.39, 0.29) is 0 Å². The van der Waals surface area contributed by atoms with Gasteiger partial charge in [0.05, 0.1) is 6.20 Å². The van der Waals surface area contributed by atoms with Gasteiger partial charge in [0, 0.05) is 32.8 Å². The van der Waals surface area contributed by atoms with Crippen molar-refractivity contribution in [3.05, 3.63) is 88.2 Å². The number of hydrogen-bond donors (Lipinski definition) is 2. The summed E-state index contributed by atoms with van der Waals surface area (Å²) in [5.74, 6) is 1.30. The Morgan fingerprint density at radius 2 is 1.77 bits per heavy atom. The summed E-state index contributed by atoms with van der Waals surface area (Å²) in [5.41, 5.74) is 1.89. The van der Waals surface area contributed by atoms with Gasteiger partial charge in [0.2, 0.25) is 0 Å². The SMILES string of the molecule is O[C@@H](c1ccc(Cl)cc1Cl)c1c[nH]c2ncc(Oc3ccccc3)cc12. The number of pyridine rings is 1. The molecule has 2 aromatic heterocycles. The summed E-state index contributed by atoms with van der Waals surface area (Å²) in [4.78, 5) is 7.43. The van der Waals surface area contributed by atoms with E-state index in [9.17, 15) is 5.11 Å².